The number of fused-ring (bicyclic) bond motifs is 1. The highest BCUT2D eigenvalue weighted by Gasteiger charge is 2.38. The quantitative estimate of drug-likeness (QED) is 0.752. The van der Waals surface area contributed by atoms with Crippen LogP contribution in [0.5, 0.6) is 0 Å². The maximum Gasteiger partial charge on any atom is 0.490 e. The fraction of sp³-hybridized carbons (Fsp3) is 0.556. The molecular weight excluding hydrogens is 423 g/mol. The Balaban J connectivity index is 0.000000339. The van der Waals surface area contributed by atoms with Crippen LogP contribution < -0.4 is 0 Å². The molecule has 0 aliphatic carbocycles. The Morgan fingerprint density at radius 2 is 1.87 bits per heavy atom. The van der Waals surface area contributed by atoms with Crippen LogP contribution in [-0.2, 0) is 29.2 Å². The van der Waals surface area contributed by atoms with Crippen molar-refractivity contribution in [1.82, 2.24) is 24.5 Å². The SMILES string of the molecule is Cc1cc(C(=O)N2CCn3cc(CN4CCOCC4)nc3C2)no1.O=C(O)C(F)(F)F. The van der Waals surface area contributed by atoms with Crippen LogP contribution in [0.2, 0.25) is 0 Å². The van der Waals surface area contributed by atoms with E-state index in [1.54, 1.807) is 17.9 Å². The fourth-order valence-corrected chi connectivity index (χ4v) is 3.18. The van der Waals surface area contributed by atoms with Crippen LogP contribution in [-0.4, -0.2) is 80.5 Å². The van der Waals surface area contributed by atoms with E-state index >= 15 is 0 Å². The number of imidazole rings is 1. The molecule has 13 heteroatoms. The van der Waals surface area contributed by atoms with Gasteiger partial charge in [-0.2, -0.15) is 13.2 Å². The first-order valence-corrected chi connectivity index (χ1v) is 9.51. The van der Waals surface area contributed by atoms with Gasteiger partial charge in [0.1, 0.15) is 11.6 Å². The highest BCUT2D eigenvalue weighted by atomic mass is 19.4. The zero-order valence-corrected chi connectivity index (χ0v) is 16.8. The molecule has 4 heterocycles. The summed E-state index contributed by atoms with van der Waals surface area (Å²) in [7, 11) is 0. The summed E-state index contributed by atoms with van der Waals surface area (Å²) in [6.07, 6.45) is -2.98. The summed E-state index contributed by atoms with van der Waals surface area (Å²) in [5.41, 5.74) is 1.42. The Labute approximate surface area is 175 Å². The van der Waals surface area contributed by atoms with Crippen molar-refractivity contribution in [3.8, 4) is 0 Å². The molecule has 1 N–H and O–H groups in total. The van der Waals surface area contributed by atoms with Crippen LogP contribution in [0.4, 0.5) is 13.2 Å². The van der Waals surface area contributed by atoms with Gasteiger partial charge >= 0.3 is 12.1 Å². The largest absolute Gasteiger partial charge is 0.490 e. The minimum absolute atomic E-state index is 0.101. The molecule has 2 aromatic rings. The monoisotopic (exact) mass is 445 g/mol. The van der Waals surface area contributed by atoms with Crippen LogP contribution in [0.15, 0.2) is 16.8 Å². The lowest BCUT2D eigenvalue weighted by molar-refractivity contribution is -0.192. The summed E-state index contributed by atoms with van der Waals surface area (Å²) in [5, 5.41) is 10.9. The summed E-state index contributed by atoms with van der Waals surface area (Å²) >= 11 is 0. The number of carboxylic acid groups (broad SMARTS) is 1. The van der Waals surface area contributed by atoms with E-state index in [0.29, 0.717) is 24.5 Å². The van der Waals surface area contributed by atoms with Gasteiger partial charge in [-0.1, -0.05) is 5.16 Å². The molecule has 1 saturated heterocycles. The Bertz CT molecular complexity index is 920. The molecular formula is C18H22F3N5O5. The lowest BCUT2D eigenvalue weighted by Gasteiger charge is -2.26. The van der Waals surface area contributed by atoms with Crippen molar-refractivity contribution < 1.29 is 37.1 Å². The third kappa shape index (κ3) is 6.04. The summed E-state index contributed by atoms with van der Waals surface area (Å²) in [4.78, 5) is 30.2. The number of nitrogens with zero attached hydrogens (tertiary/aromatic N) is 5. The van der Waals surface area contributed by atoms with Gasteiger partial charge in [0.05, 0.1) is 25.5 Å². The maximum atomic E-state index is 12.5. The Kier molecular flexibility index (Phi) is 6.95. The highest BCUT2D eigenvalue weighted by Crippen LogP contribution is 2.17. The first kappa shape index (κ1) is 22.7. The number of carbonyl (C=O) groups is 2. The second-order valence-corrected chi connectivity index (χ2v) is 7.08. The molecule has 0 saturated carbocycles. The zero-order valence-electron chi connectivity index (χ0n) is 16.8. The summed E-state index contributed by atoms with van der Waals surface area (Å²) in [6.45, 7) is 7.99. The number of aliphatic carboxylic acids is 1. The molecule has 2 aliphatic rings. The molecule has 10 nitrogen and oxygen atoms in total. The Morgan fingerprint density at radius 1 is 1.19 bits per heavy atom. The van der Waals surface area contributed by atoms with Gasteiger partial charge in [0.25, 0.3) is 5.91 Å². The maximum absolute atomic E-state index is 12.5. The molecule has 0 spiro atoms. The van der Waals surface area contributed by atoms with E-state index in [1.807, 2.05) is 0 Å². The van der Waals surface area contributed by atoms with Crippen LogP contribution in [0, 0.1) is 6.92 Å². The number of amides is 1. The average molecular weight is 445 g/mol. The van der Waals surface area contributed by atoms with Gasteiger partial charge in [0, 0.05) is 45.0 Å². The number of aryl methyl sites for hydroxylation is 1. The molecule has 1 amide bonds. The molecule has 2 aromatic heterocycles. The third-order valence-electron chi connectivity index (χ3n) is 4.72. The van der Waals surface area contributed by atoms with Crippen molar-refractivity contribution in [2.45, 2.75) is 32.7 Å². The van der Waals surface area contributed by atoms with E-state index in [4.69, 9.17) is 24.1 Å². The molecule has 4 rings (SSSR count). The molecule has 0 bridgehead atoms. The Morgan fingerprint density at radius 3 is 2.45 bits per heavy atom. The smallest absolute Gasteiger partial charge is 0.475 e. The van der Waals surface area contributed by atoms with E-state index in [1.165, 1.54) is 0 Å². The number of rotatable bonds is 3. The second-order valence-electron chi connectivity index (χ2n) is 7.08. The molecule has 0 aromatic carbocycles. The Hall–Kier alpha value is -2.93. The molecule has 170 valence electrons. The predicted molar refractivity (Wildman–Crippen MR) is 98.0 cm³/mol. The van der Waals surface area contributed by atoms with E-state index in [9.17, 15) is 18.0 Å². The van der Waals surface area contributed by atoms with E-state index in [-0.39, 0.29) is 5.91 Å². The van der Waals surface area contributed by atoms with Crippen molar-refractivity contribution in [2.75, 3.05) is 32.8 Å². The van der Waals surface area contributed by atoms with Crippen LogP contribution >= 0.6 is 0 Å². The van der Waals surface area contributed by atoms with E-state index < -0.39 is 12.1 Å². The van der Waals surface area contributed by atoms with Crippen molar-refractivity contribution in [1.29, 1.82) is 0 Å². The summed E-state index contributed by atoms with van der Waals surface area (Å²) in [5.74, 6) is -1.29. The van der Waals surface area contributed by atoms with Crippen molar-refractivity contribution >= 4 is 11.9 Å². The van der Waals surface area contributed by atoms with Gasteiger partial charge in [0.15, 0.2) is 5.69 Å². The number of carbonyl (C=O) groups excluding carboxylic acids is 1. The van der Waals surface area contributed by atoms with Crippen LogP contribution in [0.1, 0.15) is 27.8 Å². The number of hydrogen-bond acceptors (Lipinski definition) is 7. The number of morpholine rings is 1. The topological polar surface area (TPSA) is 114 Å². The van der Waals surface area contributed by atoms with Gasteiger partial charge in [-0.15, -0.1) is 0 Å². The van der Waals surface area contributed by atoms with Gasteiger partial charge in [-0.05, 0) is 6.92 Å². The minimum atomic E-state index is -5.08. The number of carboxylic acids is 1. The minimum Gasteiger partial charge on any atom is -0.475 e. The number of hydrogen-bond donors (Lipinski definition) is 1. The second kappa shape index (κ2) is 9.47. The number of ether oxygens (including phenoxy) is 1. The van der Waals surface area contributed by atoms with Crippen molar-refractivity contribution in [3.05, 3.63) is 35.2 Å². The summed E-state index contributed by atoms with van der Waals surface area (Å²) in [6, 6.07) is 1.67. The van der Waals surface area contributed by atoms with Crippen molar-refractivity contribution in [3.63, 3.8) is 0 Å². The molecule has 0 unspecified atom stereocenters. The van der Waals surface area contributed by atoms with Gasteiger partial charge in [-0.25, -0.2) is 9.78 Å². The standard InChI is InChI=1S/C16H21N5O3.C2HF3O2/c1-12-8-14(18-24-12)16(22)21-3-2-20-10-13(17-15(20)11-21)9-19-4-6-23-7-5-19;3-2(4,5)1(6)7/h8,10H,2-7,9,11H2,1H3;(H,6,7). The number of aromatic nitrogens is 3. The molecule has 0 atom stereocenters. The van der Waals surface area contributed by atoms with Gasteiger partial charge < -0.3 is 23.8 Å². The average Bonchev–Trinajstić information content (AvgIpc) is 3.33. The molecule has 1 fully saturated rings. The van der Waals surface area contributed by atoms with Crippen LogP contribution in [0.3, 0.4) is 0 Å². The highest BCUT2D eigenvalue weighted by molar-refractivity contribution is 5.92. The lowest BCUT2D eigenvalue weighted by Crippen LogP contribution is -2.38. The van der Waals surface area contributed by atoms with E-state index in [2.05, 4.69) is 20.8 Å². The van der Waals surface area contributed by atoms with Crippen LogP contribution in [0.25, 0.3) is 0 Å². The number of halogens is 3. The van der Waals surface area contributed by atoms with Gasteiger partial charge in [0.2, 0.25) is 0 Å². The first-order valence-electron chi connectivity index (χ1n) is 9.51. The fourth-order valence-electron chi connectivity index (χ4n) is 3.18. The first-order chi connectivity index (χ1) is 14.6. The normalized spacial score (nSPS) is 17.0. The third-order valence-corrected chi connectivity index (χ3v) is 4.72. The molecule has 31 heavy (non-hydrogen) atoms. The lowest BCUT2D eigenvalue weighted by atomic mass is 10.3. The van der Waals surface area contributed by atoms with Gasteiger partial charge in [-0.3, -0.25) is 9.69 Å². The van der Waals surface area contributed by atoms with E-state index in [0.717, 1.165) is 50.9 Å². The summed E-state index contributed by atoms with van der Waals surface area (Å²) < 4.78 is 44.3. The van der Waals surface area contributed by atoms with Crippen molar-refractivity contribution in [2.24, 2.45) is 0 Å². The molecule has 0 radical (unpaired) electrons. The predicted octanol–water partition coefficient (Wildman–Crippen LogP) is 1.30. The molecule has 2 aliphatic heterocycles. The zero-order chi connectivity index (χ0) is 22.6. The number of alkyl halides is 3.